The first kappa shape index (κ1) is 25.1. The topological polar surface area (TPSA) is 71.7 Å². The van der Waals surface area contributed by atoms with E-state index in [1.165, 1.54) is 10.6 Å². The third kappa shape index (κ3) is 6.28. The molecule has 0 saturated carbocycles. The normalized spacial score (nSPS) is 13.1. The molecule has 5 nitrogen and oxygen atoms in total. The number of hydrogen-bond donors (Lipinski definition) is 2. The molecule has 1 aromatic heterocycles. The zero-order chi connectivity index (χ0) is 24.3. The number of aliphatic hydroxyl groups is 2. The third-order valence-electron chi connectivity index (χ3n) is 5.06. The van der Waals surface area contributed by atoms with Crippen molar-refractivity contribution >= 4 is 15.9 Å². The second-order valence-corrected chi connectivity index (χ2v) is 9.04. The fourth-order valence-corrected chi connectivity index (χ4v) is 4.10. The zero-order valence-electron chi connectivity index (χ0n) is 18.6. The first-order valence-electron chi connectivity index (χ1n) is 10.5. The molecule has 0 amide bonds. The van der Waals surface area contributed by atoms with Gasteiger partial charge >= 0.3 is 0 Å². The van der Waals surface area contributed by atoms with Crippen LogP contribution >= 0.6 is 15.9 Å². The van der Waals surface area contributed by atoms with Gasteiger partial charge in [-0.2, -0.15) is 0 Å². The molecule has 0 spiro atoms. The Labute approximate surface area is 199 Å². The van der Waals surface area contributed by atoms with Gasteiger partial charge < -0.3 is 14.9 Å². The number of rotatable bonds is 8. The molecule has 3 aromatic rings. The molecular formula is C25H26BrF2NO4. The van der Waals surface area contributed by atoms with Gasteiger partial charge in [0, 0.05) is 29.1 Å². The molecule has 2 atom stereocenters. The SMILES string of the molecule is Cc1cc(OCc2ccc(F)cc2F)c(Br)c(=O)n1-c1cc(CC(C)O)cc(CC(C)O)c1. The highest BCUT2D eigenvalue weighted by atomic mass is 79.9. The van der Waals surface area contributed by atoms with Gasteiger partial charge in [-0.25, -0.2) is 8.78 Å². The Bertz CT molecular complexity index is 1180. The molecular weight excluding hydrogens is 496 g/mol. The standard InChI is InChI=1S/C25H26BrF2NO4/c1-14-6-23(33-13-19-4-5-20(27)12-22(19)28)24(26)25(32)29(14)21-10-17(7-15(2)30)9-18(11-21)8-16(3)31/h4-6,9-12,15-16,30-31H,7-8,13H2,1-3H3. The number of aliphatic hydroxyl groups excluding tert-OH is 2. The number of halogens is 3. The Hall–Kier alpha value is -2.55. The summed E-state index contributed by atoms with van der Waals surface area (Å²) in [7, 11) is 0. The van der Waals surface area contributed by atoms with Gasteiger partial charge in [-0.15, -0.1) is 0 Å². The second kappa shape index (κ2) is 10.6. The monoisotopic (exact) mass is 521 g/mol. The lowest BCUT2D eigenvalue weighted by Gasteiger charge is -2.17. The van der Waals surface area contributed by atoms with Crippen molar-refractivity contribution in [3.8, 4) is 11.4 Å². The van der Waals surface area contributed by atoms with Crippen LogP contribution in [0.1, 0.15) is 36.2 Å². The number of nitrogens with zero attached hydrogens (tertiary/aromatic N) is 1. The Morgan fingerprint density at radius 2 is 1.61 bits per heavy atom. The van der Waals surface area contributed by atoms with E-state index in [4.69, 9.17) is 4.74 Å². The Balaban J connectivity index is 1.99. The predicted molar refractivity (Wildman–Crippen MR) is 126 cm³/mol. The highest BCUT2D eigenvalue weighted by molar-refractivity contribution is 9.10. The van der Waals surface area contributed by atoms with E-state index in [0.717, 1.165) is 23.3 Å². The van der Waals surface area contributed by atoms with Crippen molar-refractivity contribution in [2.75, 3.05) is 0 Å². The van der Waals surface area contributed by atoms with Crippen LogP contribution in [0.5, 0.6) is 5.75 Å². The number of hydrogen-bond acceptors (Lipinski definition) is 4. The summed E-state index contributed by atoms with van der Waals surface area (Å²) in [4.78, 5) is 13.2. The first-order chi connectivity index (χ1) is 15.5. The lowest BCUT2D eigenvalue weighted by Crippen LogP contribution is -2.23. The van der Waals surface area contributed by atoms with Crippen LogP contribution in [0.4, 0.5) is 8.78 Å². The highest BCUT2D eigenvalue weighted by Crippen LogP contribution is 2.26. The van der Waals surface area contributed by atoms with E-state index in [2.05, 4.69) is 15.9 Å². The Morgan fingerprint density at radius 1 is 1.00 bits per heavy atom. The average Bonchev–Trinajstić information content (AvgIpc) is 2.69. The van der Waals surface area contributed by atoms with Gasteiger partial charge in [0.1, 0.15) is 28.5 Å². The van der Waals surface area contributed by atoms with Gasteiger partial charge in [-0.3, -0.25) is 9.36 Å². The number of aromatic nitrogens is 1. The molecule has 2 aromatic carbocycles. The smallest absolute Gasteiger partial charge is 0.273 e. The minimum Gasteiger partial charge on any atom is -0.487 e. The summed E-state index contributed by atoms with van der Waals surface area (Å²) in [5.74, 6) is -1.16. The van der Waals surface area contributed by atoms with Crippen LogP contribution < -0.4 is 10.3 Å². The van der Waals surface area contributed by atoms with Crippen LogP contribution in [-0.2, 0) is 19.4 Å². The van der Waals surface area contributed by atoms with Gasteiger partial charge in [0.2, 0.25) is 0 Å². The van der Waals surface area contributed by atoms with Crippen LogP contribution in [0.15, 0.2) is 51.7 Å². The molecule has 176 valence electrons. The molecule has 1 heterocycles. The van der Waals surface area contributed by atoms with Crippen molar-refractivity contribution in [1.29, 1.82) is 0 Å². The molecule has 0 bridgehead atoms. The third-order valence-corrected chi connectivity index (χ3v) is 5.79. The van der Waals surface area contributed by atoms with Crippen molar-refractivity contribution in [2.24, 2.45) is 0 Å². The molecule has 33 heavy (non-hydrogen) atoms. The summed E-state index contributed by atoms with van der Waals surface area (Å²) >= 11 is 3.29. The van der Waals surface area contributed by atoms with Crippen molar-refractivity contribution in [3.63, 3.8) is 0 Å². The van der Waals surface area contributed by atoms with Crippen molar-refractivity contribution < 1.29 is 23.7 Å². The maximum atomic E-state index is 13.9. The van der Waals surface area contributed by atoms with Gasteiger partial charge in [0.15, 0.2) is 0 Å². The fourth-order valence-electron chi connectivity index (χ4n) is 3.69. The molecule has 8 heteroatoms. The van der Waals surface area contributed by atoms with Gasteiger partial charge in [0.25, 0.3) is 5.56 Å². The van der Waals surface area contributed by atoms with Crippen LogP contribution in [-0.4, -0.2) is 27.0 Å². The predicted octanol–water partition coefficient (Wildman–Crippen LogP) is 4.61. The molecule has 0 aliphatic heterocycles. The van der Waals surface area contributed by atoms with Crippen molar-refractivity contribution in [2.45, 2.75) is 52.4 Å². The molecule has 0 radical (unpaired) electrons. The highest BCUT2D eigenvalue weighted by Gasteiger charge is 2.16. The second-order valence-electron chi connectivity index (χ2n) is 8.24. The minimum atomic E-state index is -0.725. The molecule has 0 saturated heterocycles. The number of benzene rings is 2. The molecule has 0 fully saturated rings. The van der Waals surface area contributed by atoms with Crippen LogP contribution in [0.2, 0.25) is 0 Å². The number of ether oxygens (including phenoxy) is 1. The van der Waals surface area contributed by atoms with Gasteiger partial charge in [-0.05, 0) is 84.9 Å². The van der Waals surface area contributed by atoms with Crippen molar-refractivity contribution in [3.05, 3.63) is 91.3 Å². The largest absolute Gasteiger partial charge is 0.487 e. The van der Waals surface area contributed by atoms with E-state index >= 15 is 0 Å². The summed E-state index contributed by atoms with van der Waals surface area (Å²) < 4.78 is 34.4. The summed E-state index contributed by atoms with van der Waals surface area (Å²) in [5, 5.41) is 19.7. The Kier molecular flexibility index (Phi) is 8.05. The summed E-state index contributed by atoms with van der Waals surface area (Å²) in [5.41, 5.74) is 2.65. The van der Waals surface area contributed by atoms with E-state index < -0.39 is 23.8 Å². The van der Waals surface area contributed by atoms with Crippen LogP contribution in [0, 0.1) is 18.6 Å². The first-order valence-corrected chi connectivity index (χ1v) is 11.3. The molecule has 0 aliphatic carbocycles. The van der Waals surface area contributed by atoms with E-state index in [9.17, 15) is 23.8 Å². The van der Waals surface area contributed by atoms with Crippen LogP contribution in [0.3, 0.4) is 0 Å². The lowest BCUT2D eigenvalue weighted by atomic mass is 10.0. The maximum absolute atomic E-state index is 13.9. The lowest BCUT2D eigenvalue weighted by molar-refractivity contribution is 0.194. The summed E-state index contributed by atoms with van der Waals surface area (Å²) in [6.45, 7) is 4.95. The van der Waals surface area contributed by atoms with Gasteiger partial charge in [-0.1, -0.05) is 6.07 Å². The van der Waals surface area contributed by atoms with E-state index in [-0.39, 0.29) is 28.0 Å². The van der Waals surface area contributed by atoms with E-state index in [1.54, 1.807) is 26.8 Å². The Morgan fingerprint density at radius 3 is 2.15 bits per heavy atom. The number of pyridine rings is 1. The van der Waals surface area contributed by atoms with Crippen molar-refractivity contribution in [1.82, 2.24) is 4.57 Å². The average molecular weight is 522 g/mol. The van der Waals surface area contributed by atoms with Gasteiger partial charge in [0.05, 0.1) is 12.2 Å². The summed E-state index contributed by atoms with van der Waals surface area (Å²) in [6.07, 6.45) is -0.321. The van der Waals surface area contributed by atoms with Crippen LogP contribution in [0.25, 0.3) is 5.69 Å². The molecule has 3 rings (SSSR count). The maximum Gasteiger partial charge on any atom is 0.273 e. The molecule has 2 N–H and O–H groups in total. The minimum absolute atomic E-state index is 0.161. The molecule has 0 aliphatic rings. The fraction of sp³-hybridized carbons (Fsp3) is 0.320. The zero-order valence-corrected chi connectivity index (χ0v) is 20.2. The molecule has 2 unspecified atom stereocenters. The summed E-state index contributed by atoms with van der Waals surface area (Å²) in [6, 6.07) is 10.4. The quantitative estimate of drug-likeness (QED) is 0.454. The van der Waals surface area contributed by atoms with E-state index in [0.29, 0.717) is 24.2 Å². The van der Waals surface area contributed by atoms with E-state index in [1.807, 2.05) is 18.2 Å². The number of aryl methyl sites for hydroxylation is 1.